The Balaban J connectivity index is 1.90. The first-order chi connectivity index (χ1) is 11.7. The Morgan fingerprint density at radius 2 is 2.00 bits per heavy atom. The van der Waals surface area contributed by atoms with Crippen LogP contribution in [0.4, 0.5) is 10.3 Å². The van der Waals surface area contributed by atoms with Gasteiger partial charge in [0, 0.05) is 6.42 Å². The van der Waals surface area contributed by atoms with Crippen LogP contribution in [-0.2, 0) is 6.42 Å². The molecule has 1 heterocycles. The fourth-order valence-electron chi connectivity index (χ4n) is 2.22. The third kappa shape index (κ3) is 5.51. The number of benzene rings is 1. The summed E-state index contributed by atoms with van der Waals surface area (Å²) in [5, 5.41) is 13.1. The monoisotopic (exact) mass is 328 g/mol. The average Bonchev–Trinajstić information content (AvgIpc) is 2.99. The molecule has 0 unspecified atom stereocenters. The van der Waals surface area contributed by atoms with E-state index in [2.05, 4.69) is 22.4 Å². The molecule has 0 radical (unpaired) electrons. The molecule has 0 saturated heterocycles. The SMILES string of the molecule is CCCCCCCc1nc(C#N)c(NN=Cc2ccc(F)cc2)o1. The Morgan fingerprint density at radius 1 is 1.25 bits per heavy atom. The Hall–Kier alpha value is -2.68. The van der Waals surface area contributed by atoms with E-state index >= 15 is 0 Å². The van der Waals surface area contributed by atoms with Gasteiger partial charge in [-0.25, -0.2) is 14.8 Å². The van der Waals surface area contributed by atoms with Gasteiger partial charge >= 0.3 is 0 Å². The van der Waals surface area contributed by atoms with Gasteiger partial charge in [-0.1, -0.05) is 44.7 Å². The van der Waals surface area contributed by atoms with Gasteiger partial charge in [0.25, 0.3) is 5.88 Å². The summed E-state index contributed by atoms with van der Waals surface area (Å²) in [5.74, 6) is 0.479. The summed E-state index contributed by atoms with van der Waals surface area (Å²) in [4.78, 5) is 4.17. The second kappa shape index (κ2) is 9.46. The van der Waals surface area contributed by atoms with E-state index in [0.29, 0.717) is 12.3 Å². The van der Waals surface area contributed by atoms with Crippen molar-refractivity contribution in [3.05, 3.63) is 47.2 Å². The summed E-state index contributed by atoms with van der Waals surface area (Å²) >= 11 is 0. The molecule has 0 amide bonds. The summed E-state index contributed by atoms with van der Waals surface area (Å²) < 4.78 is 18.4. The highest BCUT2D eigenvalue weighted by Crippen LogP contribution is 2.18. The molecule has 0 spiro atoms. The van der Waals surface area contributed by atoms with Gasteiger partial charge in [0.2, 0.25) is 5.69 Å². The molecular weight excluding hydrogens is 307 g/mol. The summed E-state index contributed by atoms with van der Waals surface area (Å²) in [6.07, 6.45) is 8.00. The van der Waals surface area contributed by atoms with Crippen molar-refractivity contribution in [1.82, 2.24) is 4.98 Å². The molecule has 0 saturated carbocycles. The molecule has 24 heavy (non-hydrogen) atoms. The number of nitrogens with zero attached hydrogens (tertiary/aromatic N) is 3. The highest BCUT2D eigenvalue weighted by atomic mass is 19.1. The Kier molecular flexibility index (Phi) is 6.96. The molecule has 0 aliphatic rings. The van der Waals surface area contributed by atoms with Gasteiger partial charge in [0.15, 0.2) is 5.89 Å². The van der Waals surface area contributed by atoms with Crippen LogP contribution in [0.15, 0.2) is 33.8 Å². The van der Waals surface area contributed by atoms with Crippen LogP contribution in [-0.4, -0.2) is 11.2 Å². The number of aryl methyl sites for hydroxylation is 1. The maximum absolute atomic E-state index is 12.8. The minimum absolute atomic E-state index is 0.190. The lowest BCUT2D eigenvalue weighted by Crippen LogP contribution is -1.91. The number of hydrogen-bond donors (Lipinski definition) is 1. The molecule has 1 aromatic carbocycles. The van der Waals surface area contributed by atoms with Gasteiger partial charge in [0.05, 0.1) is 6.21 Å². The molecule has 0 fully saturated rings. The van der Waals surface area contributed by atoms with Crippen molar-refractivity contribution in [3.8, 4) is 6.07 Å². The van der Waals surface area contributed by atoms with E-state index in [-0.39, 0.29) is 17.4 Å². The van der Waals surface area contributed by atoms with Crippen molar-refractivity contribution in [1.29, 1.82) is 5.26 Å². The number of aromatic nitrogens is 1. The molecule has 2 rings (SSSR count). The number of oxazole rings is 1. The fourth-order valence-corrected chi connectivity index (χ4v) is 2.22. The molecule has 0 aliphatic heterocycles. The lowest BCUT2D eigenvalue weighted by atomic mass is 10.1. The van der Waals surface area contributed by atoms with Gasteiger partial charge < -0.3 is 4.42 Å². The predicted molar refractivity (Wildman–Crippen MR) is 91.3 cm³/mol. The zero-order chi connectivity index (χ0) is 17.2. The van der Waals surface area contributed by atoms with Gasteiger partial charge in [-0.15, -0.1) is 0 Å². The van der Waals surface area contributed by atoms with Crippen LogP contribution in [0.3, 0.4) is 0 Å². The normalized spacial score (nSPS) is 10.9. The number of anilines is 1. The van der Waals surface area contributed by atoms with Crippen LogP contribution in [0.5, 0.6) is 0 Å². The van der Waals surface area contributed by atoms with Gasteiger partial charge in [0.1, 0.15) is 11.9 Å². The highest BCUT2D eigenvalue weighted by Gasteiger charge is 2.12. The Labute approximate surface area is 141 Å². The van der Waals surface area contributed by atoms with Crippen LogP contribution in [0.25, 0.3) is 0 Å². The van der Waals surface area contributed by atoms with E-state index in [0.717, 1.165) is 18.4 Å². The smallest absolute Gasteiger partial charge is 0.252 e. The van der Waals surface area contributed by atoms with Crippen molar-refractivity contribution in [2.75, 3.05) is 5.43 Å². The lowest BCUT2D eigenvalue weighted by Gasteiger charge is -1.97. The maximum Gasteiger partial charge on any atom is 0.252 e. The zero-order valence-corrected chi connectivity index (χ0v) is 13.8. The second-order valence-electron chi connectivity index (χ2n) is 5.48. The van der Waals surface area contributed by atoms with Crippen molar-refractivity contribution in [2.24, 2.45) is 5.10 Å². The fraction of sp³-hybridized carbons (Fsp3) is 0.389. The van der Waals surface area contributed by atoms with Crippen LogP contribution >= 0.6 is 0 Å². The number of hydrogen-bond acceptors (Lipinski definition) is 5. The molecule has 6 heteroatoms. The molecule has 1 aromatic heterocycles. The molecule has 126 valence electrons. The minimum Gasteiger partial charge on any atom is -0.422 e. The number of halogens is 1. The molecule has 2 aromatic rings. The first-order valence-electron chi connectivity index (χ1n) is 8.17. The quantitative estimate of drug-likeness (QED) is 0.413. The first-order valence-corrected chi connectivity index (χ1v) is 8.17. The number of rotatable bonds is 9. The Morgan fingerprint density at radius 3 is 2.71 bits per heavy atom. The average molecular weight is 328 g/mol. The molecule has 0 aliphatic carbocycles. The topological polar surface area (TPSA) is 74.2 Å². The van der Waals surface area contributed by atoms with Gasteiger partial charge in [-0.3, -0.25) is 0 Å². The van der Waals surface area contributed by atoms with Crippen molar-refractivity contribution in [3.63, 3.8) is 0 Å². The highest BCUT2D eigenvalue weighted by molar-refractivity contribution is 5.80. The molecular formula is C18H21FN4O. The second-order valence-corrected chi connectivity index (χ2v) is 5.48. The standard InChI is InChI=1S/C18H21FN4O/c1-2-3-4-5-6-7-17-22-16(12-20)18(24-17)23-21-13-14-8-10-15(19)11-9-14/h8-11,13,23H,2-7H2,1H3. The first kappa shape index (κ1) is 17.7. The third-order valence-corrected chi connectivity index (χ3v) is 3.52. The number of nitriles is 1. The molecule has 0 bridgehead atoms. The molecule has 1 N–H and O–H groups in total. The summed E-state index contributed by atoms with van der Waals surface area (Å²) in [7, 11) is 0. The van der Waals surface area contributed by atoms with Crippen molar-refractivity contribution >= 4 is 12.1 Å². The lowest BCUT2D eigenvalue weighted by molar-refractivity contribution is 0.488. The van der Waals surface area contributed by atoms with E-state index in [9.17, 15) is 4.39 Å². The molecule has 5 nitrogen and oxygen atoms in total. The summed E-state index contributed by atoms with van der Waals surface area (Å²) in [5.41, 5.74) is 3.61. The summed E-state index contributed by atoms with van der Waals surface area (Å²) in [6, 6.07) is 7.91. The van der Waals surface area contributed by atoms with E-state index in [1.165, 1.54) is 37.6 Å². The molecule has 0 atom stereocenters. The van der Waals surface area contributed by atoms with Crippen LogP contribution < -0.4 is 5.43 Å². The van der Waals surface area contributed by atoms with Gasteiger partial charge in [-0.05, 0) is 24.1 Å². The van der Waals surface area contributed by atoms with E-state index in [4.69, 9.17) is 9.68 Å². The minimum atomic E-state index is -0.300. The third-order valence-electron chi connectivity index (χ3n) is 3.52. The number of nitrogens with one attached hydrogen (secondary N) is 1. The van der Waals surface area contributed by atoms with Crippen molar-refractivity contribution < 1.29 is 8.81 Å². The van der Waals surface area contributed by atoms with Crippen LogP contribution in [0, 0.1) is 17.1 Å². The predicted octanol–water partition coefficient (Wildman–Crippen LogP) is 4.64. The zero-order valence-electron chi connectivity index (χ0n) is 13.8. The van der Waals surface area contributed by atoms with Crippen molar-refractivity contribution in [2.45, 2.75) is 45.4 Å². The summed E-state index contributed by atoms with van der Waals surface area (Å²) in [6.45, 7) is 2.18. The van der Waals surface area contributed by atoms with E-state index < -0.39 is 0 Å². The number of unbranched alkanes of at least 4 members (excludes halogenated alkanes) is 4. The number of hydrazone groups is 1. The van der Waals surface area contributed by atoms with Gasteiger partial charge in [-0.2, -0.15) is 10.4 Å². The van der Waals surface area contributed by atoms with E-state index in [1.54, 1.807) is 12.1 Å². The maximum atomic E-state index is 12.8. The Bertz CT molecular complexity index is 701. The van der Waals surface area contributed by atoms with Crippen LogP contribution in [0.2, 0.25) is 0 Å². The largest absolute Gasteiger partial charge is 0.422 e. The van der Waals surface area contributed by atoms with Crippen LogP contribution in [0.1, 0.15) is 56.2 Å². The van der Waals surface area contributed by atoms with E-state index in [1.807, 2.05) is 6.07 Å².